The molecule has 3 aromatic heterocycles. The maximum Gasteiger partial charge on any atom is 0.148 e. The molecule has 0 bridgehead atoms. The summed E-state index contributed by atoms with van der Waals surface area (Å²) >= 11 is 5.18. The lowest BCUT2D eigenvalue weighted by Crippen LogP contribution is -2.11. The highest BCUT2D eigenvalue weighted by Gasteiger charge is 2.08. The number of hydrogen-bond donors (Lipinski definition) is 1. The SMILES string of the molecule is CN(C)Cc1ccoc1CSCCNc1nsc2cscc12. The van der Waals surface area contributed by atoms with Crippen LogP contribution in [-0.4, -0.2) is 35.7 Å². The third-order valence-corrected chi connectivity index (χ3v) is 5.87. The summed E-state index contributed by atoms with van der Waals surface area (Å²) in [4.78, 5) is 2.16. The van der Waals surface area contributed by atoms with Crippen molar-refractivity contribution < 1.29 is 4.42 Å². The number of nitrogens with one attached hydrogen (secondary N) is 1. The maximum absolute atomic E-state index is 5.59. The average Bonchev–Trinajstić information content (AvgIpc) is 3.16. The van der Waals surface area contributed by atoms with Crippen LogP contribution in [0.3, 0.4) is 0 Å². The Morgan fingerprint density at radius 1 is 1.36 bits per heavy atom. The van der Waals surface area contributed by atoms with Crippen molar-refractivity contribution >= 4 is 50.5 Å². The molecule has 0 saturated carbocycles. The van der Waals surface area contributed by atoms with E-state index in [4.69, 9.17) is 4.42 Å². The van der Waals surface area contributed by atoms with Gasteiger partial charge in [-0.3, -0.25) is 0 Å². The second-order valence-corrected chi connectivity index (χ2v) is 7.92. The van der Waals surface area contributed by atoms with E-state index in [0.717, 1.165) is 36.2 Å². The smallest absolute Gasteiger partial charge is 0.148 e. The van der Waals surface area contributed by atoms with Crippen LogP contribution in [0.25, 0.3) is 10.1 Å². The van der Waals surface area contributed by atoms with Crippen LogP contribution in [0.1, 0.15) is 11.3 Å². The Morgan fingerprint density at radius 2 is 2.27 bits per heavy atom. The molecule has 1 N–H and O–H groups in total. The Morgan fingerprint density at radius 3 is 3.14 bits per heavy atom. The molecule has 0 amide bonds. The number of thioether (sulfide) groups is 1. The molecule has 0 aliphatic heterocycles. The molecule has 22 heavy (non-hydrogen) atoms. The molecule has 0 unspecified atom stereocenters. The number of rotatable bonds is 8. The van der Waals surface area contributed by atoms with Crippen molar-refractivity contribution in [2.75, 3.05) is 31.7 Å². The van der Waals surface area contributed by atoms with Crippen molar-refractivity contribution in [3.63, 3.8) is 0 Å². The van der Waals surface area contributed by atoms with Crippen molar-refractivity contribution in [1.82, 2.24) is 9.27 Å². The maximum atomic E-state index is 5.59. The van der Waals surface area contributed by atoms with Crippen LogP contribution in [-0.2, 0) is 12.3 Å². The Hall–Kier alpha value is -1.02. The van der Waals surface area contributed by atoms with Crippen molar-refractivity contribution in [2.45, 2.75) is 12.3 Å². The molecule has 4 nitrogen and oxygen atoms in total. The largest absolute Gasteiger partial charge is 0.468 e. The Bertz CT molecular complexity index is 716. The van der Waals surface area contributed by atoms with Gasteiger partial charge in [-0.1, -0.05) is 0 Å². The van der Waals surface area contributed by atoms with E-state index in [0.29, 0.717) is 0 Å². The van der Waals surface area contributed by atoms with Crippen LogP contribution < -0.4 is 5.32 Å². The van der Waals surface area contributed by atoms with Crippen molar-refractivity contribution in [2.24, 2.45) is 0 Å². The van der Waals surface area contributed by atoms with Gasteiger partial charge < -0.3 is 14.6 Å². The first-order valence-electron chi connectivity index (χ1n) is 7.07. The third kappa shape index (κ3) is 3.84. The molecule has 0 aliphatic carbocycles. The standard InChI is InChI=1S/C15H19N3OS3/c1-18(2)7-11-3-5-19-13(11)9-20-6-4-16-15-12-8-21-10-14(12)22-17-15/h3,5,8,10H,4,6-7,9H2,1-2H3,(H,16,17). The lowest BCUT2D eigenvalue weighted by atomic mass is 10.2. The molecule has 0 fully saturated rings. The molecule has 0 radical (unpaired) electrons. The highest BCUT2D eigenvalue weighted by atomic mass is 32.2. The molecular weight excluding hydrogens is 334 g/mol. The van der Waals surface area contributed by atoms with Crippen LogP contribution in [0, 0.1) is 0 Å². The summed E-state index contributed by atoms with van der Waals surface area (Å²) in [6, 6.07) is 2.07. The van der Waals surface area contributed by atoms with Crippen LogP contribution in [0.2, 0.25) is 0 Å². The summed E-state index contributed by atoms with van der Waals surface area (Å²) in [5.41, 5.74) is 1.28. The molecule has 3 heterocycles. The number of hydrogen-bond acceptors (Lipinski definition) is 7. The normalized spacial score (nSPS) is 11.6. The first kappa shape index (κ1) is 15.9. The minimum absolute atomic E-state index is 0.919. The van der Waals surface area contributed by atoms with E-state index in [-0.39, 0.29) is 0 Å². The molecular formula is C15H19N3OS3. The molecule has 0 atom stereocenters. The zero-order chi connectivity index (χ0) is 15.4. The van der Waals surface area contributed by atoms with Gasteiger partial charge in [0.25, 0.3) is 0 Å². The fraction of sp³-hybridized carbons (Fsp3) is 0.400. The third-order valence-electron chi connectivity index (χ3n) is 3.21. The molecule has 0 aliphatic rings. The number of anilines is 1. The second kappa shape index (κ2) is 7.50. The summed E-state index contributed by atoms with van der Waals surface area (Å²) in [6.07, 6.45) is 1.79. The summed E-state index contributed by atoms with van der Waals surface area (Å²) in [5.74, 6) is 4.06. The number of aromatic nitrogens is 1. The minimum atomic E-state index is 0.919. The van der Waals surface area contributed by atoms with Crippen molar-refractivity contribution in [3.8, 4) is 0 Å². The lowest BCUT2D eigenvalue weighted by Gasteiger charge is -2.09. The Balaban J connectivity index is 1.42. The fourth-order valence-corrected chi connectivity index (χ4v) is 4.72. The van der Waals surface area contributed by atoms with Gasteiger partial charge in [-0.05, 0) is 31.7 Å². The highest BCUT2D eigenvalue weighted by Crippen LogP contribution is 2.29. The van der Waals surface area contributed by atoms with E-state index in [1.54, 1.807) is 29.1 Å². The van der Waals surface area contributed by atoms with Gasteiger partial charge in [-0.25, -0.2) is 0 Å². The van der Waals surface area contributed by atoms with Gasteiger partial charge in [-0.2, -0.15) is 27.5 Å². The number of furan rings is 1. The quantitative estimate of drug-likeness (QED) is 0.610. The minimum Gasteiger partial charge on any atom is -0.468 e. The van der Waals surface area contributed by atoms with Gasteiger partial charge in [0.15, 0.2) is 0 Å². The predicted octanol–water partition coefficient (Wildman–Crippen LogP) is 4.36. The zero-order valence-electron chi connectivity index (χ0n) is 12.7. The molecule has 0 aromatic carbocycles. The fourth-order valence-electron chi connectivity index (χ4n) is 2.18. The predicted molar refractivity (Wildman–Crippen MR) is 98.2 cm³/mol. The van der Waals surface area contributed by atoms with Crippen LogP contribution in [0.4, 0.5) is 5.82 Å². The van der Waals surface area contributed by atoms with Gasteiger partial charge >= 0.3 is 0 Å². The van der Waals surface area contributed by atoms with Crippen LogP contribution in [0.15, 0.2) is 27.5 Å². The topological polar surface area (TPSA) is 41.3 Å². The number of thiophene rings is 1. The molecule has 0 spiro atoms. The summed E-state index contributed by atoms with van der Waals surface area (Å²) < 4.78 is 11.3. The highest BCUT2D eigenvalue weighted by molar-refractivity contribution is 7.98. The van der Waals surface area contributed by atoms with E-state index < -0.39 is 0 Å². The average molecular weight is 354 g/mol. The summed E-state index contributed by atoms with van der Waals surface area (Å²) in [5, 5.41) is 8.98. The van der Waals surface area contributed by atoms with Gasteiger partial charge in [0, 0.05) is 40.6 Å². The lowest BCUT2D eigenvalue weighted by molar-refractivity contribution is 0.396. The monoisotopic (exact) mass is 353 g/mol. The Kier molecular flexibility index (Phi) is 5.41. The molecule has 7 heteroatoms. The van der Waals surface area contributed by atoms with Gasteiger partial charge in [0.2, 0.25) is 0 Å². The molecule has 118 valence electrons. The first-order valence-corrected chi connectivity index (χ1v) is 9.94. The van der Waals surface area contributed by atoms with Crippen molar-refractivity contribution in [3.05, 3.63) is 34.4 Å². The van der Waals surface area contributed by atoms with E-state index in [1.807, 2.05) is 11.8 Å². The van der Waals surface area contributed by atoms with Crippen LogP contribution >= 0.6 is 34.6 Å². The second-order valence-electron chi connectivity index (χ2n) is 5.27. The van der Waals surface area contributed by atoms with E-state index >= 15 is 0 Å². The molecule has 0 saturated heterocycles. The summed E-state index contributed by atoms with van der Waals surface area (Å²) in [7, 11) is 4.15. The van der Waals surface area contributed by atoms with Crippen molar-refractivity contribution in [1.29, 1.82) is 0 Å². The molecule has 3 rings (SSSR count). The number of nitrogens with zero attached hydrogens (tertiary/aromatic N) is 2. The Labute approximate surface area is 142 Å². The van der Waals surface area contributed by atoms with E-state index in [1.165, 1.54) is 15.6 Å². The van der Waals surface area contributed by atoms with Crippen LogP contribution in [0.5, 0.6) is 0 Å². The van der Waals surface area contributed by atoms with Gasteiger partial charge in [-0.15, -0.1) is 0 Å². The van der Waals surface area contributed by atoms with E-state index in [9.17, 15) is 0 Å². The first-order chi connectivity index (χ1) is 10.7. The van der Waals surface area contributed by atoms with Gasteiger partial charge in [0.05, 0.1) is 16.7 Å². The number of fused-ring (bicyclic) bond motifs is 1. The van der Waals surface area contributed by atoms with Gasteiger partial charge in [0.1, 0.15) is 11.6 Å². The zero-order valence-corrected chi connectivity index (χ0v) is 15.1. The summed E-state index contributed by atoms with van der Waals surface area (Å²) in [6.45, 7) is 1.85. The molecule has 3 aromatic rings. The van der Waals surface area contributed by atoms with E-state index in [2.05, 4.69) is 45.5 Å².